The summed E-state index contributed by atoms with van der Waals surface area (Å²) in [5.74, 6) is 0.00507. The van der Waals surface area contributed by atoms with Crippen LogP contribution >= 0.6 is 0 Å². The highest BCUT2D eigenvalue weighted by Gasteiger charge is 2.64. The van der Waals surface area contributed by atoms with Crippen LogP contribution in [-0.4, -0.2) is 22.8 Å². The molecule has 0 aliphatic heterocycles. The van der Waals surface area contributed by atoms with Crippen LogP contribution in [0.4, 0.5) is 0 Å². The molecule has 3 nitrogen and oxygen atoms in total. The molecule has 0 aromatic carbocycles. The van der Waals surface area contributed by atoms with E-state index in [9.17, 15) is 14.7 Å². The second-order valence-corrected chi connectivity index (χ2v) is 6.60. The van der Waals surface area contributed by atoms with Crippen LogP contribution in [0.15, 0.2) is 11.1 Å². The van der Waals surface area contributed by atoms with Gasteiger partial charge in [0.2, 0.25) is 0 Å². The van der Waals surface area contributed by atoms with E-state index in [1.54, 1.807) is 6.92 Å². The van der Waals surface area contributed by atoms with E-state index >= 15 is 0 Å². The van der Waals surface area contributed by atoms with Gasteiger partial charge in [-0.1, -0.05) is 19.4 Å². The van der Waals surface area contributed by atoms with Gasteiger partial charge in [0.15, 0.2) is 0 Å². The highest BCUT2D eigenvalue weighted by Crippen LogP contribution is 2.60. The Balaban J connectivity index is 2.70. The fourth-order valence-corrected chi connectivity index (χ4v) is 3.90. The van der Waals surface area contributed by atoms with Gasteiger partial charge in [-0.3, -0.25) is 9.59 Å². The van der Waals surface area contributed by atoms with Crippen molar-refractivity contribution >= 4 is 12.1 Å². The predicted octanol–water partition coefficient (Wildman–Crippen LogP) is 2.42. The first-order valence-electron chi connectivity index (χ1n) is 6.62. The maximum Gasteiger partial charge on any atom is 0.147 e. The molecule has 3 heteroatoms. The van der Waals surface area contributed by atoms with Crippen LogP contribution in [0.5, 0.6) is 0 Å². The van der Waals surface area contributed by atoms with Crippen LogP contribution < -0.4 is 0 Å². The van der Waals surface area contributed by atoms with E-state index in [1.165, 1.54) is 0 Å². The molecule has 2 aliphatic carbocycles. The van der Waals surface area contributed by atoms with Gasteiger partial charge in [-0.05, 0) is 38.5 Å². The molecule has 2 aliphatic rings. The molecule has 0 amide bonds. The van der Waals surface area contributed by atoms with Crippen LogP contribution in [0, 0.1) is 10.8 Å². The number of carbonyl (C=O) groups is 2. The minimum atomic E-state index is -1.11. The van der Waals surface area contributed by atoms with Gasteiger partial charge >= 0.3 is 0 Å². The Kier molecular flexibility index (Phi) is 2.82. The summed E-state index contributed by atoms with van der Waals surface area (Å²) in [6.07, 6.45) is 3.15. The van der Waals surface area contributed by atoms with E-state index in [-0.39, 0.29) is 11.2 Å². The summed E-state index contributed by atoms with van der Waals surface area (Å²) >= 11 is 0. The van der Waals surface area contributed by atoms with Crippen molar-refractivity contribution in [3.63, 3.8) is 0 Å². The SMILES string of the molecule is CC1=C(C=O)[C@@]2(C)C(=O)CCC(C)(C)[C@]2(O)CC1. The highest BCUT2D eigenvalue weighted by molar-refractivity contribution is 5.98. The number of hydrogen-bond donors (Lipinski definition) is 1. The zero-order valence-corrected chi connectivity index (χ0v) is 11.7. The summed E-state index contributed by atoms with van der Waals surface area (Å²) in [5.41, 5.74) is -1.02. The zero-order valence-electron chi connectivity index (χ0n) is 11.7. The van der Waals surface area contributed by atoms with E-state index < -0.39 is 11.0 Å². The van der Waals surface area contributed by atoms with Gasteiger partial charge in [0.25, 0.3) is 0 Å². The minimum absolute atomic E-state index is 0.00507. The smallest absolute Gasteiger partial charge is 0.147 e. The van der Waals surface area contributed by atoms with Gasteiger partial charge in [0, 0.05) is 12.0 Å². The number of aldehydes is 1. The minimum Gasteiger partial charge on any atom is -0.388 e. The summed E-state index contributed by atoms with van der Waals surface area (Å²) in [4.78, 5) is 23.8. The number of fused-ring (bicyclic) bond motifs is 1. The number of rotatable bonds is 1. The fourth-order valence-electron chi connectivity index (χ4n) is 3.90. The summed E-state index contributed by atoms with van der Waals surface area (Å²) in [5, 5.41) is 11.2. The summed E-state index contributed by atoms with van der Waals surface area (Å²) in [7, 11) is 0. The van der Waals surface area contributed by atoms with Gasteiger partial charge in [-0.15, -0.1) is 0 Å². The lowest BCUT2D eigenvalue weighted by atomic mass is 9.47. The molecule has 0 spiro atoms. The van der Waals surface area contributed by atoms with Crippen molar-refractivity contribution in [2.24, 2.45) is 10.8 Å². The molecule has 0 unspecified atom stereocenters. The molecule has 100 valence electrons. The monoisotopic (exact) mass is 250 g/mol. The Hall–Kier alpha value is -0.960. The molecule has 18 heavy (non-hydrogen) atoms. The molecular formula is C15H22O3. The number of aliphatic hydroxyl groups is 1. The molecule has 1 saturated carbocycles. The lowest BCUT2D eigenvalue weighted by molar-refractivity contribution is -0.185. The van der Waals surface area contributed by atoms with Crippen molar-refractivity contribution in [2.75, 3.05) is 0 Å². The van der Waals surface area contributed by atoms with Crippen molar-refractivity contribution in [3.05, 3.63) is 11.1 Å². The van der Waals surface area contributed by atoms with Crippen molar-refractivity contribution < 1.29 is 14.7 Å². The average Bonchev–Trinajstić information content (AvgIpc) is 2.30. The lowest BCUT2D eigenvalue weighted by Gasteiger charge is -2.58. The van der Waals surface area contributed by atoms with Crippen molar-refractivity contribution in [2.45, 2.75) is 59.0 Å². The molecule has 0 radical (unpaired) electrons. The summed E-state index contributed by atoms with van der Waals surface area (Å²) < 4.78 is 0. The van der Waals surface area contributed by atoms with Gasteiger partial charge in [-0.2, -0.15) is 0 Å². The largest absolute Gasteiger partial charge is 0.388 e. The molecule has 0 bridgehead atoms. The van der Waals surface area contributed by atoms with Crippen molar-refractivity contribution in [1.82, 2.24) is 0 Å². The number of Topliss-reactive ketones (excluding diaryl/α,β-unsaturated/α-hetero) is 1. The fraction of sp³-hybridized carbons (Fsp3) is 0.733. The van der Waals surface area contributed by atoms with Gasteiger partial charge in [0.1, 0.15) is 12.1 Å². The Labute approximate surface area is 108 Å². The first kappa shape index (κ1) is 13.5. The van der Waals surface area contributed by atoms with Crippen LogP contribution in [-0.2, 0) is 9.59 Å². The molecule has 0 aromatic rings. The maximum absolute atomic E-state index is 12.4. The van der Waals surface area contributed by atoms with Crippen LogP contribution in [0.25, 0.3) is 0 Å². The predicted molar refractivity (Wildman–Crippen MR) is 69.1 cm³/mol. The number of allylic oxidation sites excluding steroid dienone is 1. The topological polar surface area (TPSA) is 54.4 Å². The van der Waals surface area contributed by atoms with Crippen LogP contribution in [0.2, 0.25) is 0 Å². The molecule has 2 rings (SSSR count). The third-order valence-corrected chi connectivity index (χ3v) is 5.46. The van der Waals surface area contributed by atoms with Crippen LogP contribution in [0.3, 0.4) is 0 Å². The van der Waals surface area contributed by atoms with E-state index in [0.29, 0.717) is 31.3 Å². The first-order chi connectivity index (χ1) is 8.20. The molecule has 0 saturated heterocycles. The zero-order chi connectivity index (χ0) is 13.8. The Morgan fingerprint density at radius 1 is 1.17 bits per heavy atom. The number of carbonyl (C=O) groups excluding carboxylic acids is 2. The molecule has 0 heterocycles. The Morgan fingerprint density at radius 2 is 1.78 bits per heavy atom. The van der Waals surface area contributed by atoms with Gasteiger partial charge < -0.3 is 5.11 Å². The van der Waals surface area contributed by atoms with Crippen LogP contribution in [0.1, 0.15) is 53.4 Å². The summed E-state index contributed by atoms with van der Waals surface area (Å²) in [6, 6.07) is 0. The molecular weight excluding hydrogens is 228 g/mol. The number of hydrogen-bond acceptors (Lipinski definition) is 3. The molecule has 1 fully saturated rings. The molecule has 1 N–H and O–H groups in total. The quantitative estimate of drug-likeness (QED) is 0.727. The maximum atomic E-state index is 12.4. The molecule has 2 atom stereocenters. The third-order valence-electron chi connectivity index (χ3n) is 5.46. The van der Waals surface area contributed by atoms with Gasteiger partial charge in [-0.25, -0.2) is 0 Å². The van der Waals surface area contributed by atoms with E-state index in [4.69, 9.17) is 0 Å². The normalized spacial score (nSPS) is 39.5. The second-order valence-electron chi connectivity index (χ2n) is 6.60. The first-order valence-corrected chi connectivity index (χ1v) is 6.62. The second kappa shape index (κ2) is 3.77. The van der Waals surface area contributed by atoms with Crippen molar-refractivity contribution in [3.8, 4) is 0 Å². The van der Waals surface area contributed by atoms with E-state index in [1.807, 2.05) is 20.8 Å². The average molecular weight is 250 g/mol. The van der Waals surface area contributed by atoms with Crippen molar-refractivity contribution in [1.29, 1.82) is 0 Å². The number of ketones is 1. The van der Waals surface area contributed by atoms with Gasteiger partial charge in [0.05, 0.1) is 11.0 Å². The Morgan fingerprint density at radius 3 is 2.33 bits per heavy atom. The van der Waals surface area contributed by atoms with E-state index in [0.717, 1.165) is 11.9 Å². The highest BCUT2D eigenvalue weighted by atomic mass is 16.3. The Bertz CT molecular complexity index is 447. The lowest BCUT2D eigenvalue weighted by Crippen LogP contribution is -2.65. The third kappa shape index (κ3) is 1.34. The van der Waals surface area contributed by atoms with E-state index in [2.05, 4.69) is 0 Å². The molecule has 0 aromatic heterocycles. The summed E-state index contributed by atoms with van der Waals surface area (Å²) in [6.45, 7) is 7.65. The standard InChI is InChI=1S/C15H22O3/c1-10-5-8-15(18)13(2,3)7-6-12(17)14(15,4)11(10)9-16/h9,18H,5-8H2,1-4H3/t14-,15+/m0/s1.